The van der Waals surface area contributed by atoms with Crippen molar-refractivity contribution >= 4 is 32.5 Å². The van der Waals surface area contributed by atoms with E-state index in [1.807, 2.05) is 0 Å². The van der Waals surface area contributed by atoms with Gasteiger partial charge in [-0.05, 0) is 43.4 Å². The van der Waals surface area contributed by atoms with Crippen LogP contribution >= 0.6 is 15.9 Å². The summed E-state index contributed by atoms with van der Waals surface area (Å²) in [5, 5.41) is 0.739. The highest BCUT2D eigenvalue weighted by Crippen LogP contribution is 2.37. The zero-order chi connectivity index (χ0) is 13.4. The lowest BCUT2D eigenvalue weighted by Gasteiger charge is -2.16. The van der Waals surface area contributed by atoms with Crippen molar-refractivity contribution in [2.45, 2.75) is 32.1 Å². The van der Waals surface area contributed by atoms with Gasteiger partial charge in [0.25, 0.3) is 0 Å². The Bertz CT molecular complexity index is 642. The van der Waals surface area contributed by atoms with Gasteiger partial charge in [-0.15, -0.1) is 0 Å². The largest absolute Gasteiger partial charge is 0.323 e. The second-order valence-corrected chi connectivity index (χ2v) is 5.72. The maximum Gasteiger partial charge on any atom is 0.149 e. The molecule has 5 heteroatoms. The smallest absolute Gasteiger partial charge is 0.149 e. The third-order valence-electron chi connectivity index (χ3n) is 3.71. The Morgan fingerprint density at radius 2 is 2.00 bits per heavy atom. The summed E-state index contributed by atoms with van der Waals surface area (Å²) < 4.78 is 14.8. The van der Waals surface area contributed by atoms with Gasteiger partial charge in [0.15, 0.2) is 0 Å². The van der Waals surface area contributed by atoms with Gasteiger partial charge in [0.2, 0.25) is 0 Å². The zero-order valence-electron chi connectivity index (χ0n) is 10.5. The fraction of sp³-hybridized carbons (Fsp3) is 0.357. The van der Waals surface area contributed by atoms with Crippen molar-refractivity contribution in [1.82, 2.24) is 4.98 Å². The number of nitrogen functional groups attached to an aromatic ring is 1. The van der Waals surface area contributed by atoms with Crippen molar-refractivity contribution in [3.63, 3.8) is 0 Å². The molecule has 3 rings (SSSR count). The molecule has 0 radical (unpaired) electrons. The molecule has 0 aliphatic heterocycles. The lowest BCUT2D eigenvalue weighted by atomic mass is 10.0. The molecule has 1 aliphatic carbocycles. The number of halogens is 2. The summed E-state index contributed by atoms with van der Waals surface area (Å²) in [6, 6.07) is 3.13. The van der Waals surface area contributed by atoms with Gasteiger partial charge in [-0.25, -0.2) is 9.37 Å². The van der Waals surface area contributed by atoms with Crippen LogP contribution in [0.25, 0.3) is 10.9 Å². The topological polar surface area (TPSA) is 50.9 Å². The van der Waals surface area contributed by atoms with Crippen molar-refractivity contribution in [2.24, 2.45) is 5.84 Å². The molecule has 1 heterocycles. The molecule has 0 atom stereocenters. The Morgan fingerprint density at radius 1 is 1.21 bits per heavy atom. The van der Waals surface area contributed by atoms with Gasteiger partial charge in [0, 0.05) is 15.6 Å². The predicted molar refractivity (Wildman–Crippen MR) is 78.5 cm³/mol. The quantitative estimate of drug-likeness (QED) is 0.478. The van der Waals surface area contributed by atoms with Crippen LogP contribution in [0.4, 0.5) is 10.1 Å². The Balaban J connectivity index is 2.39. The first-order valence-electron chi connectivity index (χ1n) is 6.48. The Hall–Kier alpha value is -1.20. The van der Waals surface area contributed by atoms with E-state index < -0.39 is 0 Å². The van der Waals surface area contributed by atoms with E-state index in [4.69, 9.17) is 5.84 Å². The van der Waals surface area contributed by atoms with Gasteiger partial charge in [0.1, 0.15) is 11.3 Å². The van der Waals surface area contributed by atoms with E-state index in [0.717, 1.165) is 52.5 Å². The van der Waals surface area contributed by atoms with Gasteiger partial charge < -0.3 is 5.43 Å². The van der Waals surface area contributed by atoms with E-state index in [1.165, 1.54) is 12.5 Å². The van der Waals surface area contributed by atoms with Gasteiger partial charge in [-0.2, -0.15) is 0 Å². The maximum absolute atomic E-state index is 14.0. The van der Waals surface area contributed by atoms with Crippen molar-refractivity contribution < 1.29 is 4.39 Å². The molecule has 3 nitrogen and oxygen atoms in total. The maximum atomic E-state index is 14.0. The molecule has 100 valence electrons. The average Bonchev–Trinajstić information content (AvgIpc) is 2.66. The molecule has 1 aliphatic rings. The number of nitrogens with zero attached hydrogens (tertiary/aromatic N) is 1. The molecule has 2 aromatic rings. The van der Waals surface area contributed by atoms with E-state index in [1.54, 1.807) is 6.07 Å². The van der Waals surface area contributed by atoms with Crippen LogP contribution in [0.1, 0.15) is 30.5 Å². The molecule has 19 heavy (non-hydrogen) atoms. The normalized spacial score (nSPS) is 15.1. The van der Waals surface area contributed by atoms with E-state index in [0.29, 0.717) is 5.52 Å². The number of hydrogen-bond acceptors (Lipinski definition) is 3. The molecule has 0 amide bonds. The lowest BCUT2D eigenvalue weighted by Crippen LogP contribution is -2.13. The first-order chi connectivity index (χ1) is 9.22. The molecule has 3 N–H and O–H groups in total. The Kier molecular flexibility index (Phi) is 3.41. The van der Waals surface area contributed by atoms with E-state index in [9.17, 15) is 4.39 Å². The third-order valence-corrected chi connectivity index (χ3v) is 4.37. The summed E-state index contributed by atoms with van der Waals surface area (Å²) in [7, 11) is 0. The molecular weight excluding hydrogens is 309 g/mol. The van der Waals surface area contributed by atoms with Crippen LogP contribution in [0, 0.1) is 5.82 Å². The van der Waals surface area contributed by atoms with E-state index in [-0.39, 0.29) is 5.82 Å². The van der Waals surface area contributed by atoms with Crippen LogP contribution in [-0.2, 0) is 12.8 Å². The Labute approximate surface area is 119 Å². The molecule has 0 fully saturated rings. The second-order valence-electron chi connectivity index (χ2n) is 4.87. The van der Waals surface area contributed by atoms with E-state index >= 15 is 0 Å². The van der Waals surface area contributed by atoms with Crippen LogP contribution in [0.15, 0.2) is 16.6 Å². The highest BCUT2D eigenvalue weighted by molar-refractivity contribution is 9.10. The summed E-state index contributed by atoms with van der Waals surface area (Å²) in [5.41, 5.74) is 6.08. The summed E-state index contributed by atoms with van der Waals surface area (Å²) in [5.74, 6) is 5.38. The fourth-order valence-corrected chi connectivity index (χ4v) is 3.31. The standard InChI is InChI=1S/C14H15BrFN3/c15-9-6-7-10(16)14-12(9)13(19-17)8-4-2-1-3-5-11(8)18-14/h6-7H,1-5,17H2,(H,18,19). The number of rotatable bonds is 1. The number of aromatic nitrogens is 1. The van der Waals surface area contributed by atoms with E-state index in [2.05, 4.69) is 26.3 Å². The molecule has 1 aromatic heterocycles. The van der Waals surface area contributed by atoms with Crippen LogP contribution in [0.2, 0.25) is 0 Å². The minimum absolute atomic E-state index is 0.304. The van der Waals surface area contributed by atoms with Crippen molar-refractivity contribution in [3.8, 4) is 0 Å². The van der Waals surface area contributed by atoms with Crippen LogP contribution in [0.3, 0.4) is 0 Å². The number of benzene rings is 1. The molecular formula is C14H15BrFN3. The molecule has 0 unspecified atom stereocenters. The highest BCUT2D eigenvalue weighted by atomic mass is 79.9. The molecule has 0 spiro atoms. The van der Waals surface area contributed by atoms with Gasteiger partial charge in [-0.1, -0.05) is 22.4 Å². The number of hydrazine groups is 1. The minimum atomic E-state index is -0.304. The van der Waals surface area contributed by atoms with Gasteiger partial charge >= 0.3 is 0 Å². The highest BCUT2D eigenvalue weighted by Gasteiger charge is 2.19. The van der Waals surface area contributed by atoms with Crippen LogP contribution < -0.4 is 11.3 Å². The van der Waals surface area contributed by atoms with Crippen molar-refractivity contribution in [2.75, 3.05) is 5.43 Å². The summed E-state index contributed by atoms with van der Waals surface area (Å²) in [6.45, 7) is 0. The van der Waals surface area contributed by atoms with Crippen molar-refractivity contribution in [3.05, 3.63) is 33.7 Å². The van der Waals surface area contributed by atoms with Crippen molar-refractivity contribution in [1.29, 1.82) is 0 Å². The number of hydrogen-bond donors (Lipinski definition) is 2. The minimum Gasteiger partial charge on any atom is -0.323 e. The summed E-state index contributed by atoms with van der Waals surface area (Å²) in [6.07, 6.45) is 5.25. The van der Waals surface area contributed by atoms with Gasteiger partial charge in [0.05, 0.1) is 5.69 Å². The third kappa shape index (κ3) is 2.11. The molecule has 1 aromatic carbocycles. The summed E-state index contributed by atoms with van der Waals surface area (Å²) >= 11 is 3.47. The number of nitrogens with two attached hydrogens (primary N) is 1. The molecule has 0 bridgehead atoms. The zero-order valence-corrected chi connectivity index (χ0v) is 12.1. The number of anilines is 1. The first kappa shape index (κ1) is 12.8. The Morgan fingerprint density at radius 3 is 2.79 bits per heavy atom. The average molecular weight is 324 g/mol. The first-order valence-corrected chi connectivity index (χ1v) is 7.27. The predicted octanol–water partition coefficient (Wildman–Crippen LogP) is 3.69. The summed E-state index contributed by atoms with van der Waals surface area (Å²) in [4.78, 5) is 4.54. The number of aryl methyl sites for hydroxylation is 1. The van der Waals surface area contributed by atoms with Crippen LogP contribution in [0.5, 0.6) is 0 Å². The monoisotopic (exact) mass is 323 g/mol. The van der Waals surface area contributed by atoms with Gasteiger partial charge in [-0.3, -0.25) is 5.84 Å². The fourth-order valence-electron chi connectivity index (χ4n) is 2.79. The number of nitrogens with one attached hydrogen (secondary N) is 1. The number of fused-ring (bicyclic) bond motifs is 2. The second kappa shape index (κ2) is 5.06. The number of pyridine rings is 1. The molecule has 0 saturated heterocycles. The molecule has 0 saturated carbocycles. The lowest BCUT2D eigenvalue weighted by molar-refractivity contribution is 0.635. The SMILES string of the molecule is NNc1c2c(nc3c(F)ccc(Br)c13)CCCCC2. The van der Waals surface area contributed by atoms with Crippen LogP contribution in [-0.4, -0.2) is 4.98 Å².